The Morgan fingerprint density at radius 1 is 1.20 bits per heavy atom. The molecule has 2 aromatic rings. The number of carbonyl (C=O) groups is 1. The fourth-order valence-corrected chi connectivity index (χ4v) is 4.82. The van der Waals surface area contributed by atoms with Crippen LogP contribution in [0.3, 0.4) is 0 Å². The van der Waals surface area contributed by atoms with E-state index in [4.69, 9.17) is 0 Å². The van der Waals surface area contributed by atoms with E-state index < -0.39 is 11.9 Å². The number of halogens is 3. The van der Waals surface area contributed by atoms with Gasteiger partial charge in [-0.25, -0.2) is 15.0 Å². The largest absolute Gasteiger partial charge is 0.434 e. The van der Waals surface area contributed by atoms with Crippen LogP contribution in [-0.2, 0) is 17.5 Å². The number of aromatic nitrogens is 4. The van der Waals surface area contributed by atoms with Crippen LogP contribution in [0.1, 0.15) is 82.3 Å². The quantitative estimate of drug-likeness (QED) is 0.598. The van der Waals surface area contributed by atoms with Gasteiger partial charge in [-0.2, -0.15) is 13.2 Å². The third-order valence-electron chi connectivity index (χ3n) is 7.20. The minimum Gasteiger partial charge on any atom is -0.356 e. The number of piperidine rings is 1. The molecule has 2 N–H and O–H groups in total. The van der Waals surface area contributed by atoms with Crippen LogP contribution in [0.25, 0.3) is 0 Å². The van der Waals surface area contributed by atoms with Crippen molar-refractivity contribution in [3.8, 4) is 0 Å². The van der Waals surface area contributed by atoms with Gasteiger partial charge in [0.15, 0.2) is 5.69 Å². The Hall–Kier alpha value is -2.69. The number of nitrogens with zero attached hydrogens (tertiary/aromatic N) is 5. The fourth-order valence-electron chi connectivity index (χ4n) is 4.82. The molecule has 11 heteroatoms. The van der Waals surface area contributed by atoms with E-state index in [-0.39, 0.29) is 23.3 Å². The van der Waals surface area contributed by atoms with Crippen LogP contribution in [-0.4, -0.2) is 50.6 Å². The van der Waals surface area contributed by atoms with Gasteiger partial charge in [0.25, 0.3) is 0 Å². The minimum absolute atomic E-state index is 0.000729. The number of alkyl halides is 3. The first-order valence-corrected chi connectivity index (χ1v) is 12.3. The van der Waals surface area contributed by atoms with Crippen LogP contribution in [0, 0.1) is 0 Å². The van der Waals surface area contributed by atoms with Gasteiger partial charge in [-0.05, 0) is 39.0 Å². The van der Waals surface area contributed by atoms with E-state index in [0.717, 1.165) is 24.0 Å². The van der Waals surface area contributed by atoms with Gasteiger partial charge < -0.3 is 20.1 Å². The van der Waals surface area contributed by atoms with E-state index in [0.29, 0.717) is 57.1 Å². The second-order valence-electron chi connectivity index (χ2n) is 10.2. The third kappa shape index (κ3) is 5.60. The smallest absolute Gasteiger partial charge is 0.356 e. The lowest BCUT2D eigenvalue weighted by atomic mass is 9.92. The molecule has 8 nitrogen and oxygen atoms in total. The lowest BCUT2D eigenvalue weighted by molar-refractivity contribution is -0.141. The van der Waals surface area contributed by atoms with E-state index in [9.17, 15) is 18.0 Å². The van der Waals surface area contributed by atoms with Crippen LogP contribution in [0.2, 0.25) is 0 Å². The topological polar surface area (TPSA) is 88.0 Å². The van der Waals surface area contributed by atoms with E-state index >= 15 is 0 Å². The van der Waals surface area contributed by atoms with Crippen molar-refractivity contribution in [1.82, 2.24) is 24.8 Å². The molecule has 1 atom stereocenters. The van der Waals surface area contributed by atoms with Crippen molar-refractivity contribution in [2.75, 3.05) is 29.9 Å². The zero-order valence-corrected chi connectivity index (χ0v) is 20.7. The average Bonchev–Trinajstić information content (AvgIpc) is 3.23. The Morgan fingerprint density at radius 2 is 1.91 bits per heavy atom. The van der Waals surface area contributed by atoms with Crippen LogP contribution in [0.15, 0.2) is 12.5 Å². The van der Waals surface area contributed by atoms with Crippen molar-refractivity contribution in [3.05, 3.63) is 29.6 Å². The molecule has 0 aromatic carbocycles. The molecule has 2 aliphatic rings. The summed E-state index contributed by atoms with van der Waals surface area (Å²) >= 11 is 0. The van der Waals surface area contributed by atoms with Gasteiger partial charge in [0, 0.05) is 55.8 Å². The predicted molar refractivity (Wildman–Crippen MR) is 127 cm³/mol. The summed E-state index contributed by atoms with van der Waals surface area (Å²) in [5, 5.41) is 6.24. The first-order chi connectivity index (χ1) is 16.5. The van der Waals surface area contributed by atoms with Crippen LogP contribution in [0.5, 0.6) is 0 Å². The van der Waals surface area contributed by atoms with E-state index in [1.54, 1.807) is 4.57 Å². The molecule has 0 spiro atoms. The van der Waals surface area contributed by atoms with Gasteiger partial charge in [-0.1, -0.05) is 13.8 Å². The highest BCUT2D eigenvalue weighted by atomic mass is 19.4. The molecule has 35 heavy (non-hydrogen) atoms. The second kappa shape index (κ2) is 9.75. The van der Waals surface area contributed by atoms with Gasteiger partial charge in [0.05, 0.1) is 0 Å². The van der Waals surface area contributed by atoms with Crippen molar-refractivity contribution >= 4 is 17.5 Å². The molecule has 4 heterocycles. The predicted octanol–water partition coefficient (Wildman–Crippen LogP) is 4.30. The van der Waals surface area contributed by atoms with Crippen molar-refractivity contribution < 1.29 is 18.0 Å². The summed E-state index contributed by atoms with van der Waals surface area (Å²) in [4.78, 5) is 26.8. The lowest BCUT2D eigenvalue weighted by Gasteiger charge is -2.35. The molecule has 1 fully saturated rings. The van der Waals surface area contributed by atoms with E-state index in [2.05, 4.69) is 51.3 Å². The maximum Gasteiger partial charge on any atom is 0.434 e. The minimum atomic E-state index is -4.47. The molecule has 2 aromatic heterocycles. The van der Waals surface area contributed by atoms with Gasteiger partial charge in [-0.15, -0.1) is 0 Å². The Labute approximate surface area is 203 Å². The number of imidazole rings is 1. The summed E-state index contributed by atoms with van der Waals surface area (Å²) in [5.74, 6) is 1.72. The molecular weight excluding hydrogens is 459 g/mol. The van der Waals surface area contributed by atoms with Crippen LogP contribution >= 0.6 is 0 Å². The zero-order chi connectivity index (χ0) is 25.4. The highest BCUT2D eigenvalue weighted by molar-refractivity contribution is 5.94. The Kier molecular flexibility index (Phi) is 7.08. The number of hydrogen-bond acceptors (Lipinski definition) is 6. The van der Waals surface area contributed by atoms with Crippen molar-refractivity contribution in [2.45, 2.75) is 83.5 Å². The molecule has 2 aliphatic heterocycles. The Balaban J connectivity index is 1.50. The molecule has 0 aliphatic carbocycles. The monoisotopic (exact) mass is 493 g/mol. The maximum absolute atomic E-state index is 13.5. The number of rotatable bonds is 7. The highest BCUT2D eigenvalue weighted by Crippen LogP contribution is 2.39. The van der Waals surface area contributed by atoms with E-state index in [1.165, 1.54) is 6.33 Å². The summed E-state index contributed by atoms with van der Waals surface area (Å²) in [6.07, 6.45) is 0.759. The second-order valence-corrected chi connectivity index (χ2v) is 10.2. The van der Waals surface area contributed by atoms with Crippen molar-refractivity contribution in [1.29, 1.82) is 0 Å². The summed E-state index contributed by atoms with van der Waals surface area (Å²) in [6.45, 7) is 10.5. The lowest BCUT2D eigenvalue weighted by Crippen LogP contribution is -2.40. The van der Waals surface area contributed by atoms with Gasteiger partial charge >= 0.3 is 6.18 Å². The average molecular weight is 494 g/mol. The van der Waals surface area contributed by atoms with Crippen LogP contribution < -0.4 is 15.5 Å². The summed E-state index contributed by atoms with van der Waals surface area (Å²) < 4.78 is 42.1. The summed E-state index contributed by atoms with van der Waals surface area (Å²) in [6, 6.07) is 0. The molecule has 0 saturated carbocycles. The van der Waals surface area contributed by atoms with Gasteiger partial charge in [0.1, 0.15) is 23.8 Å². The molecule has 0 radical (unpaired) electrons. The number of amides is 1. The molecule has 192 valence electrons. The van der Waals surface area contributed by atoms with Crippen molar-refractivity contribution in [2.24, 2.45) is 0 Å². The Morgan fingerprint density at radius 3 is 2.57 bits per heavy atom. The number of anilines is 2. The fraction of sp³-hybridized carbons (Fsp3) is 0.667. The SMILES string of the molecule is CCC(C)(C)NCCn1cc(C(F)(F)F)nc1C1CCN(c2ncnc3c2C(C)CC(=O)N3)CC1. The molecule has 0 bridgehead atoms. The van der Waals surface area contributed by atoms with Gasteiger partial charge in [-0.3, -0.25) is 4.79 Å². The molecule has 1 unspecified atom stereocenters. The first kappa shape index (κ1) is 25.4. The summed E-state index contributed by atoms with van der Waals surface area (Å²) in [5.41, 5.74) is 0.0156. The summed E-state index contributed by atoms with van der Waals surface area (Å²) in [7, 11) is 0. The Bertz CT molecular complexity index is 1060. The number of nitrogens with one attached hydrogen (secondary N) is 2. The molecule has 4 rings (SSSR count). The molecule has 1 amide bonds. The van der Waals surface area contributed by atoms with Crippen LogP contribution in [0.4, 0.5) is 24.8 Å². The number of hydrogen-bond donors (Lipinski definition) is 2. The first-order valence-electron chi connectivity index (χ1n) is 12.3. The normalized spacial score (nSPS) is 19.6. The van der Waals surface area contributed by atoms with Gasteiger partial charge in [0.2, 0.25) is 5.91 Å². The molecule has 1 saturated heterocycles. The molecular formula is C24H34F3N7O. The highest BCUT2D eigenvalue weighted by Gasteiger charge is 2.37. The number of fused-ring (bicyclic) bond motifs is 1. The standard InChI is InChI=1S/C24H34F3N7O/c1-5-23(3,4)30-8-11-34-13-17(24(25,26)27)31-21(34)16-6-9-33(10-7-16)22-19-15(2)12-18(35)32-20(19)28-14-29-22/h13-16,30H,5-12H2,1-4H3,(H,28,29,32,35). The van der Waals surface area contributed by atoms with E-state index in [1.807, 2.05) is 6.92 Å². The van der Waals surface area contributed by atoms with Crippen molar-refractivity contribution in [3.63, 3.8) is 0 Å². The number of carbonyl (C=O) groups excluding carboxylic acids is 1. The zero-order valence-electron chi connectivity index (χ0n) is 20.7. The maximum atomic E-state index is 13.5. The third-order valence-corrected chi connectivity index (χ3v) is 7.20.